The zero-order valence-electron chi connectivity index (χ0n) is 15.5. The number of ether oxygens (including phenoxy) is 1. The van der Waals surface area contributed by atoms with Gasteiger partial charge in [-0.3, -0.25) is 14.5 Å². The first kappa shape index (κ1) is 16.1. The first-order valence-corrected chi connectivity index (χ1v) is 10.4. The minimum absolute atomic E-state index is 0.00896. The van der Waals surface area contributed by atoms with E-state index in [2.05, 4.69) is 12.2 Å². The van der Waals surface area contributed by atoms with E-state index in [1.807, 2.05) is 30.3 Å². The van der Waals surface area contributed by atoms with E-state index in [4.69, 9.17) is 4.74 Å². The summed E-state index contributed by atoms with van der Waals surface area (Å²) in [5.74, 6) is -0.290. The van der Waals surface area contributed by atoms with Crippen molar-refractivity contribution in [1.29, 1.82) is 0 Å². The smallest absolute Gasteiger partial charge is 0.238 e. The molecule has 4 heteroatoms. The van der Waals surface area contributed by atoms with Crippen LogP contribution in [0.25, 0.3) is 0 Å². The molecule has 1 aromatic carbocycles. The Kier molecular flexibility index (Phi) is 3.16. The van der Waals surface area contributed by atoms with Crippen molar-refractivity contribution >= 4 is 17.5 Å². The molecular formula is C23H25NO3. The van der Waals surface area contributed by atoms with Crippen LogP contribution in [0.5, 0.6) is 0 Å². The van der Waals surface area contributed by atoms with Crippen molar-refractivity contribution < 1.29 is 14.3 Å². The molecule has 4 nitrogen and oxygen atoms in total. The summed E-state index contributed by atoms with van der Waals surface area (Å²) in [6.07, 6.45) is 11.3. The van der Waals surface area contributed by atoms with Crippen molar-refractivity contribution in [3.8, 4) is 0 Å². The van der Waals surface area contributed by atoms with Crippen LogP contribution < -0.4 is 4.90 Å². The minimum Gasteiger partial charge on any atom is -0.374 e. The number of nitrogens with zero attached hydrogens (tertiary/aromatic N) is 1. The molecule has 2 saturated heterocycles. The molecular weight excluding hydrogens is 338 g/mol. The zero-order chi connectivity index (χ0) is 18.2. The third kappa shape index (κ3) is 1.74. The van der Waals surface area contributed by atoms with Gasteiger partial charge in [-0.25, -0.2) is 0 Å². The molecule has 140 valence electrons. The van der Waals surface area contributed by atoms with Crippen LogP contribution in [-0.4, -0.2) is 24.0 Å². The highest BCUT2D eigenvalue weighted by Crippen LogP contribution is 2.70. The predicted octanol–water partition coefficient (Wildman–Crippen LogP) is 3.72. The lowest BCUT2D eigenvalue weighted by Crippen LogP contribution is -2.66. The number of amides is 2. The average molecular weight is 363 g/mol. The van der Waals surface area contributed by atoms with Gasteiger partial charge in [-0.1, -0.05) is 43.2 Å². The standard InChI is InChI=1S/C23H25NO3/c25-20-18-16-9-10-17(19(18)21(26)24(20)15-7-2-1-3-8-15)23(13-6-14-27-23)22(16)11-4-5-12-22/h1-3,7-10,16-19H,4-6,11-14H2/t16-,17-,18-,19+,23+/m1/s1. The van der Waals surface area contributed by atoms with E-state index in [0.717, 1.165) is 32.3 Å². The van der Waals surface area contributed by atoms with Crippen molar-refractivity contribution in [3.05, 3.63) is 42.5 Å². The molecule has 1 aromatic rings. The number of allylic oxidation sites excluding steroid dienone is 1. The van der Waals surface area contributed by atoms with Crippen LogP contribution in [-0.2, 0) is 14.3 Å². The van der Waals surface area contributed by atoms with Gasteiger partial charge in [-0.2, -0.15) is 0 Å². The van der Waals surface area contributed by atoms with Crippen molar-refractivity contribution in [2.24, 2.45) is 29.1 Å². The molecule has 2 heterocycles. The van der Waals surface area contributed by atoms with Crippen LogP contribution in [0.3, 0.4) is 0 Å². The lowest BCUT2D eigenvalue weighted by atomic mass is 9.43. The topological polar surface area (TPSA) is 46.6 Å². The molecule has 0 radical (unpaired) electrons. The Bertz CT molecular complexity index is 782. The van der Waals surface area contributed by atoms with Crippen molar-refractivity contribution in [2.45, 2.75) is 44.1 Å². The monoisotopic (exact) mass is 363 g/mol. The molecule has 2 bridgehead atoms. The number of hydrogen-bond donors (Lipinski definition) is 0. The molecule has 5 atom stereocenters. The summed E-state index contributed by atoms with van der Waals surface area (Å²) in [6, 6.07) is 9.45. The van der Waals surface area contributed by atoms with E-state index in [1.54, 1.807) is 0 Å². The van der Waals surface area contributed by atoms with Gasteiger partial charge in [-0.15, -0.1) is 0 Å². The van der Waals surface area contributed by atoms with Gasteiger partial charge in [0.25, 0.3) is 0 Å². The van der Waals surface area contributed by atoms with Crippen LogP contribution in [0.4, 0.5) is 5.69 Å². The molecule has 0 N–H and O–H groups in total. The van der Waals surface area contributed by atoms with E-state index in [-0.39, 0.29) is 46.5 Å². The lowest BCUT2D eigenvalue weighted by Gasteiger charge is -2.62. The first-order chi connectivity index (χ1) is 13.2. The summed E-state index contributed by atoms with van der Waals surface area (Å²) in [5, 5.41) is 0. The van der Waals surface area contributed by atoms with Crippen LogP contribution in [0.15, 0.2) is 42.5 Å². The second-order valence-electron chi connectivity index (χ2n) is 9.04. The normalized spacial score (nSPS) is 41.3. The molecule has 27 heavy (non-hydrogen) atoms. The van der Waals surface area contributed by atoms with E-state index >= 15 is 0 Å². The van der Waals surface area contributed by atoms with Crippen LogP contribution >= 0.6 is 0 Å². The van der Waals surface area contributed by atoms with Gasteiger partial charge < -0.3 is 4.74 Å². The third-order valence-electron chi connectivity index (χ3n) is 8.28. The maximum Gasteiger partial charge on any atom is 0.238 e. The molecule has 7 rings (SSSR count). The summed E-state index contributed by atoms with van der Waals surface area (Å²) in [4.78, 5) is 28.5. The van der Waals surface area contributed by atoms with E-state index in [0.29, 0.717) is 5.69 Å². The fraction of sp³-hybridized carbons (Fsp3) is 0.565. The zero-order valence-corrected chi connectivity index (χ0v) is 15.5. The molecule has 6 aliphatic rings. The van der Waals surface area contributed by atoms with E-state index in [9.17, 15) is 9.59 Å². The highest BCUT2D eigenvalue weighted by atomic mass is 16.5. The summed E-state index contributed by atoms with van der Waals surface area (Å²) in [5.41, 5.74) is 0.530. The second-order valence-corrected chi connectivity index (χ2v) is 9.04. The van der Waals surface area contributed by atoms with E-state index in [1.165, 1.54) is 17.7 Å². The Morgan fingerprint density at radius 2 is 1.52 bits per heavy atom. The fourth-order valence-corrected chi connectivity index (χ4v) is 7.44. The van der Waals surface area contributed by atoms with Crippen LogP contribution in [0, 0.1) is 29.1 Å². The number of imide groups is 1. The highest BCUT2D eigenvalue weighted by Gasteiger charge is 2.74. The third-order valence-corrected chi connectivity index (χ3v) is 8.28. The maximum absolute atomic E-state index is 13.5. The van der Waals surface area contributed by atoms with Crippen molar-refractivity contribution in [3.63, 3.8) is 0 Å². The Morgan fingerprint density at radius 1 is 0.852 bits per heavy atom. The SMILES string of the molecule is O=C1[C@@H]2[C@H](C(=O)N1c1ccccc1)[C@H]1C=C[C@H]2[C@@]2(CCCO2)C12CCCC2. The molecule has 2 spiro atoms. The lowest BCUT2D eigenvalue weighted by molar-refractivity contribution is -0.204. The predicted molar refractivity (Wildman–Crippen MR) is 101 cm³/mol. The largest absolute Gasteiger partial charge is 0.374 e. The van der Waals surface area contributed by atoms with Gasteiger partial charge in [0.1, 0.15) is 0 Å². The number of hydrogen-bond acceptors (Lipinski definition) is 3. The van der Waals surface area contributed by atoms with Gasteiger partial charge in [0, 0.05) is 17.9 Å². The fourth-order valence-electron chi connectivity index (χ4n) is 7.44. The Balaban J connectivity index is 1.50. The quantitative estimate of drug-likeness (QED) is 0.564. The number of anilines is 1. The number of benzene rings is 1. The summed E-state index contributed by atoms with van der Waals surface area (Å²) >= 11 is 0. The Labute approximate surface area is 159 Å². The van der Waals surface area contributed by atoms with E-state index < -0.39 is 0 Å². The van der Waals surface area contributed by atoms with Gasteiger partial charge in [0.15, 0.2) is 0 Å². The van der Waals surface area contributed by atoms with Gasteiger partial charge >= 0.3 is 0 Å². The molecule has 2 saturated carbocycles. The maximum atomic E-state index is 13.5. The highest BCUT2D eigenvalue weighted by molar-refractivity contribution is 6.22. The average Bonchev–Trinajstić information content (AvgIpc) is 3.42. The summed E-state index contributed by atoms with van der Waals surface area (Å²) in [6.45, 7) is 0.792. The molecule has 2 aliphatic heterocycles. The van der Waals surface area contributed by atoms with Crippen LogP contribution in [0.1, 0.15) is 38.5 Å². The summed E-state index contributed by atoms with van der Waals surface area (Å²) in [7, 11) is 0. The van der Waals surface area contributed by atoms with Gasteiger partial charge in [0.2, 0.25) is 11.8 Å². The molecule has 2 amide bonds. The van der Waals surface area contributed by atoms with Gasteiger partial charge in [-0.05, 0) is 43.7 Å². The van der Waals surface area contributed by atoms with Crippen molar-refractivity contribution in [2.75, 3.05) is 11.5 Å². The molecule has 4 fully saturated rings. The second kappa shape index (κ2) is 5.32. The first-order valence-electron chi connectivity index (χ1n) is 10.4. The number of para-hydroxylation sites is 1. The van der Waals surface area contributed by atoms with Crippen LogP contribution in [0.2, 0.25) is 0 Å². The molecule has 0 unspecified atom stereocenters. The van der Waals surface area contributed by atoms with Crippen molar-refractivity contribution in [1.82, 2.24) is 0 Å². The summed E-state index contributed by atoms with van der Waals surface area (Å²) < 4.78 is 6.55. The minimum atomic E-state index is -0.253. The molecule has 0 aromatic heterocycles. The Morgan fingerprint density at radius 3 is 2.19 bits per heavy atom. The molecule has 4 aliphatic carbocycles. The number of carbonyl (C=O) groups excluding carboxylic acids is 2. The number of carbonyl (C=O) groups is 2. The number of rotatable bonds is 1. The van der Waals surface area contributed by atoms with Gasteiger partial charge in [0.05, 0.1) is 23.1 Å². The Hall–Kier alpha value is -1.94.